The first kappa shape index (κ1) is 12.5. The van der Waals surface area contributed by atoms with Gasteiger partial charge in [0, 0.05) is 0 Å². The normalized spacial score (nSPS) is 22.2. The van der Waals surface area contributed by atoms with E-state index in [-0.39, 0.29) is 0 Å². The maximum atomic E-state index is 2.51. The summed E-state index contributed by atoms with van der Waals surface area (Å²) in [6, 6.07) is 1.45. The van der Waals surface area contributed by atoms with Crippen molar-refractivity contribution in [3.8, 4) is 0 Å². The van der Waals surface area contributed by atoms with Crippen molar-refractivity contribution in [2.45, 2.75) is 32.5 Å². The van der Waals surface area contributed by atoms with Gasteiger partial charge in [-0.1, -0.05) is 0 Å². The Morgan fingerprint density at radius 2 is 1.56 bits per heavy atom. The Kier molecular flexibility index (Phi) is 3.70. The summed E-state index contributed by atoms with van der Waals surface area (Å²) in [4.78, 5) is 0. The minimum absolute atomic E-state index is 0.536. The van der Waals surface area contributed by atoms with Gasteiger partial charge in [0.25, 0.3) is 0 Å². The van der Waals surface area contributed by atoms with Crippen LogP contribution in [-0.4, -0.2) is 8.07 Å². The third-order valence-electron chi connectivity index (χ3n) is 2.90. The van der Waals surface area contributed by atoms with Crippen LogP contribution in [0.25, 0.3) is 0 Å². The molecule has 2 aliphatic carbocycles. The fraction of sp³-hybridized carbons (Fsp3) is 0.429. The molecule has 0 bridgehead atoms. The summed E-state index contributed by atoms with van der Waals surface area (Å²) in [7, 11) is -0.969. The van der Waals surface area contributed by atoms with Crippen molar-refractivity contribution >= 4 is 8.07 Å². The van der Waals surface area contributed by atoms with Crippen LogP contribution < -0.4 is 0 Å². The van der Waals surface area contributed by atoms with Gasteiger partial charge in [-0.25, -0.2) is 0 Å². The number of allylic oxidation sites excluding steroid dienone is 8. The molecule has 2 aliphatic rings. The summed E-state index contributed by atoms with van der Waals surface area (Å²) in [5.74, 6) is 0. The molecule has 0 heterocycles. The van der Waals surface area contributed by atoms with E-state index in [4.69, 9.17) is 0 Å². The van der Waals surface area contributed by atoms with Crippen molar-refractivity contribution in [2.75, 3.05) is 0 Å². The van der Waals surface area contributed by atoms with Crippen LogP contribution in [-0.2, 0) is 22.9 Å². The van der Waals surface area contributed by atoms with Crippen molar-refractivity contribution in [2.24, 2.45) is 0 Å². The summed E-state index contributed by atoms with van der Waals surface area (Å²) in [5, 5.41) is 0. The molecule has 16 heavy (non-hydrogen) atoms. The molecule has 0 aromatic carbocycles. The van der Waals surface area contributed by atoms with Crippen LogP contribution in [0.3, 0.4) is 0 Å². The number of hydrogen-bond acceptors (Lipinski definition) is 0. The van der Waals surface area contributed by atoms with Crippen LogP contribution in [0, 0.1) is 0 Å². The Morgan fingerprint density at radius 3 is 2.06 bits per heavy atom. The Labute approximate surface area is 112 Å². The zero-order chi connectivity index (χ0) is 11.6. The second kappa shape index (κ2) is 4.73. The molecular weight excluding hydrogens is 375 g/mol. The second-order valence-electron chi connectivity index (χ2n) is 5.94. The van der Waals surface area contributed by atoms with Gasteiger partial charge in [0.05, 0.1) is 0 Å². The molecule has 0 N–H and O–H groups in total. The zero-order valence-electron chi connectivity index (χ0n) is 10.4. The first-order chi connectivity index (χ1) is 7.49. The van der Waals surface area contributed by atoms with Gasteiger partial charge in [-0.3, -0.25) is 0 Å². The monoisotopic (exact) mass is 396 g/mol. The molecular formula is C14H20HfSi. The van der Waals surface area contributed by atoms with Crippen molar-refractivity contribution in [3.05, 3.63) is 48.6 Å². The fourth-order valence-corrected chi connectivity index (χ4v) is 16.5. The van der Waals surface area contributed by atoms with Gasteiger partial charge in [-0.15, -0.1) is 0 Å². The van der Waals surface area contributed by atoms with Gasteiger partial charge < -0.3 is 0 Å². The van der Waals surface area contributed by atoms with Gasteiger partial charge in [-0.05, 0) is 0 Å². The van der Waals surface area contributed by atoms with E-state index in [0.29, 0.717) is 3.17 Å². The zero-order valence-corrected chi connectivity index (χ0v) is 15.0. The molecule has 0 amide bonds. The molecule has 0 fully saturated rings. The Bertz CT molecular complexity index is 345. The predicted molar refractivity (Wildman–Crippen MR) is 71.2 cm³/mol. The summed E-state index contributed by atoms with van der Waals surface area (Å²) in [6.07, 6.45) is 18.8. The van der Waals surface area contributed by atoms with E-state index >= 15 is 0 Å². The molecule has 0 nitrogen and oxygen atoms in total. The standard InChI is InChI=1S/C9H15Si.C5H5.Hf/c1-10(2,3)8-9-6-4-5-7-9;1-2-4-5-3-1;/h4-7H,8H2,1-3H3;1-5H;. The molecule has 0 aliphatic heterocycles. The van der Waals surface area contributed by atoms with Crippen molar-refractivity contribution in [1.29, 1.82) is 0 Å². The number of hydrogen-bond donors (Lipinski definition) is 0. The van der Waals surface area contributed by atoms with E-state index in [1.54, 1.807) is 0 Å². The van der Waals surface area contributed by atoms with Gasteiger partial charge >= 0.3 is 112 Å². The summed E-state index contributed by atoms with van der Waals surface area (Å²) in [6.45, 7) is 7.50. The van der Waals surface area contributed by atoms with Crippen LogP contribution in [0.15, 0.2) is 48.6 Å². The molecule has 0 saturated heterocycles. The van der Waals surface area contributed by atoms with Crippen molar-refractivity contribution in [3.63, 3.8) is 0 Å². The Morgan fingerprint density at radius 1 is 1.00 bits per heavy atom. The van der Waals surface area contributed by atoms with Gasteiger partial charge in [0.1, 0.15) is 0 Å². The molecule has 2 heteroatoms. The van der Waals surface area contributed by atoms with E-state index < -0.39 is 31.0 Å². The van der Waals surface area contributed by atoms with E-state index in [2.05, 4.69) is 68.2 Å². The first-order valence-electron chi connectivity index (χ1n) is 5.99. The third kappa shape index (κ3) is 3.27. The molecule has 0 radical (unpaired) electrons. The van der Waals surface area contributed by atoms with Crippen LogP contribution in [0.4, 0.5) is 0 Å². The third-order valence-corrected chi connectivity index (χ3v) is 12.2. The van der Waals surface area contributed by atoms with Gasteiger partial charge in [-0.2, -0.15) is 0 Å². The van der Waals surface area contributed by atoms with Crippen molar-refractivity contribution in [1.82, 2.24) is 0 Å². The molecule has 0 aromatic heterocycles. The van der Waals surface area contributed by atoms with E-state index in [0.717, 1.165) is 3.67 Å². The summed E-state index contributed by atoms with van der Waals surface area (Å²) < 4.78 is 1.37. The summed E-state index contributed by atoms with van der Waals surface area (Å²) >= 11 is -0.688. The van der Waals surface area contributed by atoms with E-state index in [1.807, 2.05) is 0 Å². The van der Waals surface area contributed by atoms with E-state index in [1.165, 1.54) is 6.04 Å². The average molecular weight is 395 g/mol. The summed E-state index contributed by atoms with van der Waals surface area (Å²) in [5.41, 5.74) is 0. The maximum absolute atomic E-state index is 2.51. The Hall–Kier alpha value is 0.0470. The SMILES string of the molecule is C[Si](C)(C)C[C]1([Hf][CH]2C=CC=C2)C=CC=C1. The van der Waals surface area contributed by atoms with Crippen molar-refractivity contribution < 1.29 is 22.9 Å². The average Bonchev–Trinajstić information content (AvgIpc) is 2.74. The van der Waals surface area contributed by atoms with Crippen LogP contribution >= 0.6 is 0 Å². The molecule has 0 saturated carbocycles. The molecule has 0 aromatic rings. The molecule has 2 rings (SSSR count). The molecule has 0 spiro atoms. The van der Waals surface area contributed by atoms with Crippen LogP contribution in [0.1, 0.15) is 0 Å². The topological polar surface area (TPSA) is 0 Å². The molecule has 0 unspecified atom stereocenters. The van der Waals surface area contributed by atoms with Crippen LogP contribution in [0.5, 0.6) is 0 Å². The minimum atomic E-state index is -0.969. The first-order valence-corrected chi connectivity index (χ1v) is 13.6. The van der Waals surface area contributed by atoms with E-state index in [9.17, 15) is 0 Å². The quantitative estimate of drug-likeness (QED) is 0.611. The van der Waals surface area contributed by atoms with Crippen LogP contribution in [0.2, 0.25) is 32.5 Å². The molecule has 84 valence electrons. The second-order valence-corrected chi connectivity index (χ2v) is 18.2. The predicted octanol–water partition coefficient (Wildman–Crippen LogP) is 4.61. The Balaban J connectivity index is 2.10. The molecule has 0 atom stereocenters. The number of rotatable bonds is 4. The fourth-order valence-electron chi connectivity index (χ4n) is 2.49. The van der Waals surface area contributed by atoms with Gasteiger partial charge in [0.2, 0.25) is 0 Å². The van der Waals surface area contributed by atoms with Gasteiger partial charge in [0.15, 0.2) is 0 Å².